The Hall–Kier alpha value is 0.110. The second-order valence-corrected chi connectivity index (χ2v) is 6.55. The molecule has 0 bridgehead atoms. The van der Waals surface area contributed by atoms with Crippen molar-refractivity contribution in [2.45, 2.75) is 57.9 Å². The second kappa shape index (κ2) is 8.24. The van der Waals surface area contributed by atoms with Crippen molar-refractivity contribution >= 4 is 10.8 Å². The lowest BCUT2D eigenvalue weighted by Crippen LogP contribution is -2.37. The lowest BCUT2D eigenvalue weighted by atomic mass is 9.83. The molecule has 0 aliphatic heterocycles. The van der Waals surface area contributed by atoms with Gasteiger partial charge < -0.3 is 5.32 Å². The Morgan fingerprint density at radius 2 is 2.00 bits per heavy atom. The summed E-state index contributed by atoms with van der Waals surface area (Å²) in [5.41, 5.74) is 0. The topological polar surface area (TPSA) is 29.1 Å². The minimum Gasteiger partial charge on any atom is -0.314 e. The zero-order valence-electron chi connectivity index (χ0n) is 10.8. The lowest BCUT2D eigenvalue weighted by molar-refractivity contribution is 0.263. The quantitative estimate of drug-likeness (QED) is 0.699. The summed E-state index contributed by atoms with van der Waals surface area (Å²) in [7, 11) is -0.627. The van der Waals surface area contributed by atoms with Crippen molar-refractivity contribution in [2.75, 3.05) is 18.6 Å². The van der Waals surface area contributed by atoms with E-state index in [1.54, 1.807) is 6.26 Å². The maximum absolute atomic E-state index is 10.9. The first-order chi connectivity index (χ1) is 7.74. The molecule has 16 heavy (non-hydrogen) atoms. The Kier molecular flexibility index (Phi) is 7.30. The molecule has 1 fully saturated rings. The Labute approximate surface area is 103 Å². The zero-order valence-corrected chi connectivity index (χ0v) is 11.7. The normalized spacial score (nSPS) is 21.9. The van der Waals surface area contributed by atoms with Gasteiger partial charge in [0, 0.05) is 28.9 Å². The summed E-state index contributed by atoms with van der Waals surface area (Å²) < 4.78 is 10.9. The highest BCUT2D eigenvalue weighted by Gasteiger charge is 2.21. The first-order valence-corrected chi connectivity index (χ1v) is 8.50. The molecule has 2 atom stereocenters. The maximum Gasteiger partial charge on any atom is 0.0244 e. The van der Waals surface area contributed by atoms with Gasteiger partial charge in [0.2, 0.25) is 0 Å². The van der Waals surface area contributed by atoms with Crippen LogP contribution < -0.4 is 5.32 Å². The molecule has 3 heteroatoms. The SMILES string of the molecule is CCC(NCCCS(C)=O)C1CCCCC1. The molecule has 0 amide bonds. The van der Waals surface area contributed by atoms with Gasteiger partial charge in [-0.3, -0.25) is 4.21 Å². The molecule has 1 aliphatic rings. The lowest BCUT2D eigenvalue weighted by Gasteiger charge is -2.30. The molecule has 0 spiro atoms. The van der Waals surface area contributed by atoms with Crippen molar-refractivity contribution in [3.8, 4) is 0 Å². The Morgan fingerprint density at radius 3 is 2.56 bits per heavy atom. The van der Waals surface area contributed by atoms with Gasteiger partial charge >= 0.3 is 0 Å². The molecule has 0 aromatic carbocycles. The van der Waals surface area contributed by atoms with E-state index in [1.165, 1.54) is 38.5 Å². The third kappa shape index (κ3) is 5.44. The van der Waals surface area contributed by atoms with Gasteiger partial charge in [-0.15, -0.1) is 0 Å². The van der Waals surface area contributed by atoms with E-state index < -0.39 is 10.8 Å². The molecule has 2 nitrogen and oxygen atoms in total. The van der Waals surface area contributed by atoms with E-state index in [9.17, 15) is 4.21 Å². The third-order valence-electron chi connectivity index (χ3n) is 3.67. The van der Waals surface area contributed by atoms with Crippen molar-refractivity contribution in [3.63, 3.8) is 0 Å². The smallest absolute Gasteiger partial charge is 0.0244 e. The average molecular weight is 245 g/mol. The van der Waals surface area contributed by atoms with E-state index in [2.05, 4.69) is 12.2 Å². The molecule has 1 aliphatic carbocycles. The fourth-order valence-corrected chi connectivity index (χ4v) is 3.29. The first-order valence-electron chi connectivity index (χ1n) is 6.77. The highest BCUT2D eigenvalue weighted by atomic mass is 32.2. The maximum atomic E-state index is 10.9. The molecular weight excluding hydrogens is 218 g/mol. The van der Waals surface area contributed by atoms with Gasteiger partial charge in [0.25, 0.3) is 0 Å². The van der Waals surface area contributed by atoms with Crippen molar-refractivity contribution in [1.29, 1.82) is 0 Å². The van der Waals surface area contributed by atoms with Crippen molar-refractivity contribution in [3.05, 3.63) is 0 Å². The molecule has 0 aromatic rings. The van der Waals surface area contributed by atoms with Crippen LogP contribution >= 0.6 is 0 Å². The van der Waals surface area contributed by atoms with E-state index in [0.29, 0.717) is 6.04 Å². The molecule has 1 rings (SSSR count). The summed E-state index contributed by atoms with van der Waals surface area (Å²) in [4.78, 5) is 0. The van der Waals surface area contributed by atoms with Crippen LogP contribution in [0.1, 0.15) is 51.9 Å². The standard InChI is InChI=1S/C13H27NOS/c1-3-13(12-8-5-4-6-9-12)14-10-7-11-16(2)15/h12-14H,3-11H2,1-2H3. The van der Waals surface area contributed by atoms with Crippen molar-refractivity contribution in [2.24, 2.45) is 5.92 Å². The first kappa shape index (κ1) is 14.2. The number of rotatable bonds is 7. The summed E-state index contributed by atoms with van der Waals surface area (Å²) in [6, 6.07) is 0.700. The summed E-state index contributed by atoms with van der Waals surface area (Å²) >= 11 is 0. The van der Waals surface area contributed by atoms with Gasteiger partial charge in [-0.1, -0.05) is 26.2 Å². The number of nitrogens with one attached hydrogen (secondary N) is 1. The molecule has 0 heterocycles. The fourth-order valence-electron chi connectivity index (χ4n) is 2.74. The predicted octanol–water partition coefficient (Wildman–Crippen LogP) is 2.70. The molecule has 1 N–H and O–H groups in total. The Morgan fingerprint density at radius 1 is 1.31 bits per heavy atom. The van der Waals surface area contributed by atoms with Crippen molar-refractivity contribution < 1.29 is 4.21 Å². The number of hydrogen-bond donors (Lipinski definition) is 1. The van der Waals surface area contributed by atoms with E-state index in [-0.39, 0.29) is 0 Å². The zero-order chi connectivity index (χ0) is 11.8. The minimum atomic E-state index is -0.627. The second-order valence-electron chi connectivity index (χ2n) is 5.00. The fraction of sp³-hybridized carbons (Fsp3) is 1.00. The molecule has 96 valence electrons. The van der Waals surface area contributed by atoms with Gasteiger partial charge in [-0.05, 0) is 38.1 Å². The van der Waals surface area contributed by atoms with Gasteiger partial charge in [-0.25, -0.2) is 0 Å². The van der Waals surface area contributed by atoms with Crippen LogP contribution in [0, 0.1) is 5.92 Å². The molecule has 2 unspecified atom stereocenters. The minimum absolute atomic E-state index is 0.627. The Balaban J connectivity index is 2.17. The van der Waals surface area contributed by atoms with Gasteiger partial charge in [0.1, 0.15) is 0 Å². The monoisotopic (exact) mass is 245 g/mol. The number of hydrogen-bond acceptors (Lipinski definition) is 2. The van der Waals surface area contributed by atoms with E-state index in [4.69, 9.17) is 0 Å². The molecule has 1 saturated carbocycles. The van der Waals surface area contributed by atoms with E-state index in [0.717, 1.165) is 24.6 Å². The summed E-state index contributed by atoms with van der Waals surface area (Å²) in [5.74, 6) is 1.74. The third-order valence-corrected chi connectivity index (χ3v) is 4.54. The van der Waals surface area contributed by atoms with Gasteiger partial charge in [0.05, 0.1) is 0 Å². The summed E-state index contributed by atoms with van der Waals surface area (Å²) in [5, 5.41) is 3.66. The Bertz CT molecular complexity index is 202. The van der Waals surface area contributed by atoms with Crippen LogP contribution in [0.25, 0.3) is 0 Å². The average Bonchev–Trinajstić information content (AvgIpc) is 2.30. The largest absolute Gasteiger partial charge is 0.314 e. The van der Waals surface area contributed by atoms with Crippen molar-refractivity contribution in [1.82, 2.24) is 5.32 Å². The molecular formula is C13H27NOS. The van der Waals surface area contributed by atoms with E-state index in [1.807, 2.05) is 0 Å². The van der Waals surface area contributed by atoms with Crippen LogP contribution in [-0.4, -0.2) is 28.8 Å². The highest BCUT2D eigenvalue weighted by molar-refractivity contribution is 7.84. The summed E-state index contributed by atoms with van der Waals surface area (Å²) in [6.07, 6.45) is 11.2. The van der Waals surface area contributed by atoms with Crippen LogP contribution in [0.4, 0.5) is 0 Å². The van der Waals surface area contributed by atoms with Gasteiger partial charge in [0.15, 0.2) is 0 Å². The molecule has 0 aromatic heterocycles. The molecule has 0 radical (unpaired) electrons. The molecule has 0 saturated heterocycles. The van der Waals surface area contributed by atoms with Crippen LogP contribution in [-0.2, 0) is 10.8 Å². The van der Waals surface area contributed by atoms with Gasteiger partial charge in [-0.2, -0.15) is 0 Å². The van der Waals surface area contributed by atoms with Crippen LogP contribution in [0.3, 0.4) is 0 Å². The predicted molar refractivity (Wildman–Crippen MR) is 72.2 cm³/mol. The summed E-state index contributed by atoms with van der Waals surface area (Å²) in [6.45, 7) is 3.32. The van der Waals surface area contributed by atoms with E-state index >= 15 is 0 Å². The highest BCUT2D eigenvalue weighted by Crippen LogP contribution is 2.27. The van der Waals surface area contributed by atoms with Crippen LogP contribution in [0.2, 0.25) is 0 Å². The van der Waals surface area contributed by atoms with Crippen LogP contribution in [0.5, 0.6) is 0 Å². The van der Waals surface area contributed by atoms with Crippen LogP contribution in [0.15, 0.2) is 0 Å².